The van der Waals surface area contributed by atoms with E-state index >= 15 is 0 Å². The molecule has 3 nitrogen and oxygen atoms in total. The van der Waals surface area contributed by atoms with Gasteiger partial charge < -0.3 is 5.32 Å². The van der Waals surface area contributed by atoms with Gasteiger partial charge in [0.25, 0.3) is 0 Å². The molecule has 0 aliphatic heterocycles. The van der Waals surface area contributed by atoms with E-state index in [1.165, 1.54) is 22.4 Å². The summed E-state index contributed by atoms with van der Waals surface area (Å²) in [7, 11) is 2.01. The zero-order chi connectivity index (χ0) is 14.7. The molecule has 0 aliphatic carbocycles. The van der Waals surface area contributed by atoms with Crippen LogP contribution in [0.3, 0.4) is 0 Å². The number of aryl methyl sites for hydroxylation is 3. The van der Waals surface area contributed by atoms with Gasteiger partial charge in [0.1, 0.15) is 0 Å². The van der Waals surface area contributed by atoms with Crippen molar-refractivity contribution in [2.75, 3.05) is 6.54 Å². The number of nitrogens with one attached hydrogen (secondary N) is 1. The first kappa shape index (κ1) is 14.8. The average molecular weight is 271 g/mol. The molecule has 20 heavy (non-hydrogen) atoms. The van der Waals surface area contributed by atoms with Crippen LogP contribution in [-0.2, 0) is 13.5 Å². The van der Waals surface area contributed by atoms with E-state index < -0.39 is 0 Å². The standard InChI is InChI=1S/C17H25N3/c1-12-7-6-8-16(11-12)13(2)18-10-9-17-14(3)19-20(5)15(17)4/h6-8,11,13,18H,9-10H2,1-5H3. The molecule has 1 unspecified atom stereocenters. The molecular weight excluding hydrogens is 246 g/mol. The van der Waals surface area contributed by atoms with Gasteiger partial charge in [-0.25, -0.2) is 0 Å². The van der Waals surface area contributed by atoms with E-state index in [0.717, 1.165) is 18.7 Å². The van der Waals surface area contributed by atoms with Gasteiger partial charge in [-0.3, -0.25) is 4.68 Å². The van der Waals surface area contributed by atoms with Crippen molar-refractivity contribution in [3.8, 4) is 0 Å². The normalized spacial score (nSPS) is 12.7. The highest BCUT2D eigenvalue weighted by molar-refractivity contribution is 5.26. The van der Waals surface area contributed by atoms with Gasteiger partial charge in [-0.05, 0) is 51.8 Å². The van der Waals surface area contributed by atoms with Gasteiger partial charge in [-0.2, -0.15) is 5.10 Å². The Bertz CT molecular complexity index is 584. The van der Waals surface area contributed by atoms with Gasteiger partial charge in [0, 0.05) is 18.8 Å². The lowest BCUT2D eigenvalue weighted by Gasteiger charge is -2.15. The lowest BCUT2D eigenvalue weighted by Crippen LogP contribution is -2.21. The summed E-state index contributed by atoms with van der Waals surface area (Å²) in [6, 6.07) is 9.08. The topological polar surface area (TPSA) is 29.9 Å². The van der Waals surface area contributed by atoms with Crippen molar-refractivity contribution in [1.29, 1.82) is 0 Å². The Hall–Kier alpha value is -1.61. The van der Waals surface area contributed by atoms with Gasteiger partial charge in [-0.15, -0.1) is 0 Å². The highest BCUT2D eigenvalue weighted by Gasteiger charge is 2.10. The minimum Gasteiger partial charge on any atom is -0.310 e. The summed E-state index contributed by atoms with van der Waals surface area (Å²) in [5.41, 5.74) is 6.46. The second kappa shape index (κ2) is 6.23. The molecule has 0 radical (unpaired) electrons. The van der Waals surface area contributed by atoms with Crippen molar-refractivity contribution < 1.29 is 0 Å². The molecule has 0 amide bonds. The molecule has 1 N–H and O–H groups in total. The van der Waals surface area contributed by atoms with E-state index in [1.54, 1.807) is 0 Å². The van der Waals surface area contributed by atoms with Crippen LogP contribution in [0.2, 0.25) is 0 Å². The molecule has 1 atom stereocenters. The molecule has 1 aromatic carbocycles. The third kappa shape index (κ3) is 3.28. The highest BCUT2D eigenvalue weighted by atomic mass is 15.3. The monoisotopic (exact) mass is 271 g/mol. The van der Waals surface area contributed by atoms with Crippen molar-refractivity contribution in [3.63, 3.8) is 0 Å². The quantitative estimate of drug-likeness (QED) is 0.904. The van der Waals surface area contributed by atoms with E-state index in [-0.39, 0.29) is 0 Å². The Morgan fingerprint density at radius 2 is 2.00 bits per heavy atom. The third-order valence-corrected chi connectivity index (χ3v) is 4.03. The zero-order valence-electron chi connectivity index (χ0n) is 13.2. The van der Waals surface area contributed by atoms with Crippen LogP contribution in [0.1, 0.15) is 41.0 Å². The van der Waals surface area contributed by atoms with Crippen LogP contribution in [-0.4, -0.2) is 16.3 Å². The number of aromatic nitrogens is 2. The molecule has 0 fully saturated rings. The Morgan fingerprint density at radius 3 is 2.60 bits per heavy atom. The van der Waals surface area contributed by atoms with Crippen molar-refractivity contribution >= 4 is 0 Å². The lowest BCUT2D eigenvalue weighted by atomic mass is 10.1. The van der Waals surface area contributed by atoms with Crippen molar-refractivity contribution in [1.82, 2.24) is 15.1 Å². The lowest BCUT2D eigenvalue weighted by molar-refractivity contribution is 0.575. The Balaban J connectivity index is 1.93. The molecule has 3 heteroatoms. The van der Waals surface area contributed by atoms with Crippen LogP contribution in [0.4, 0.5) is 0 Å². The predicted molar refractivity (Wildman–Crippen MR) is 84.0 cm³/mol. The minimum atomic E-state index is 0.382. The Kier molecular flexibility index (Phi) is 4.61. The number of rotatable bonds is 5. The second-order valence-corrected chi connectivity index (χ2v) is 5.61. The molecule has 1 heterocycles. The molecule has 0 aliphatic rings. The molecule has 2 rings (SSSR count). The predicted octanol–water partition coefficient (Wildman–Crippen LogP) is 3.24. The fourth-order valence-electron chi connectivity index (χ4n) is 2.65. The third-order valence-electron chi connectivity index (χ3n) is 4.03. The maximum atomic E-state index is 4.47. The van der Waals surface area contributed by atoms with Crippen LogP contribution in [0.15, 0.2) is 24.3 Å². The molecule has 2 aromatic rings. The number of hydrogen-bond acceptors (Lipinski definition) is 2. The van der Waals surface area contributed by atoms with Gasteiger partial charge >= 0.3 is 0 Å². The first-order chi connectivity index (χ1) is 9.49. The van der Waals surface area contributed by atoms with Crippen molar-refractivity contribution in [2.45, 2.75) is 40.2 Å². The number of nitrogens with zero attached hydrogens (tertiary/aromatic N) is 2. The summed E-state index contributed by atoms with van der Waals surface area (Å²) in [5, 5.41) is 8.07. The molecule has 0 saturated carbocycles. The van der Waals surface area contributed by atoms with Crippen LogP contribution in [0.25, 0.3) is 0 Å². The van der Waals surface area contributed by atoms with Gasteiger partial charge in [0.05, 0.1) is 5.69 Å². The zero-order valence-corrected chi connectivity index (χ0v) is 13.2. The second-order valence-electron chi connectivity index (χ2n) is 5.61. The SMILES string of the molecule is Cc1cccc(C(C)NCCc2c(C)nn(C)c2C)c1. The summed E-state index contributed by atoms with van der Waals surface area (Å²) in [6.45, 7) is 9.56. The van der Waals surface area contributed by atoms with E-state index in [0.29, 0.717) is 6.04 Å². The largest absolute Gasteiger partial charge is 0.310 e. The number of benzene rings is 1. The first-order valence-corrected chi connectivity index (χ1v) is 7.28. The van der Waals surface area contributed by atoms with E-state index in [4.69, 9.17) is 0 Å². The van der Waals surface area contributed by atoms with Gasteiger partial charge in [0.2, 0.25) is 0 Å². The van der Waals surface area contributed by atoms with Gasteiger partial charge in [0.15, 0.2) is 0 Å². The van der Waals surface area contributed by atoms with E-state index in [2.05, 4.69) is 62.4 Å². The molecular formula is C17H25N3. The molecule has 108 valence electrons. The van der Waals surface area contributed by atoms with E-state index in [9.17, 15) is 0 Å². The molecule has 0 bridgehead atoms. The molecule has 1 aromatic heterocycles. The molecule has 0 spiro atoms. The minimum absolute atomic E-state index is 0.382. The summed E-state index contributed by atoms with van der Waals surface area (Å²) in [6.07, 6.45) is 1.03. The smallest absolute Gasteiger partial charge is 0.0628 e. The van der Waals surface area contributed by atoms with Crippen LogP contribution in [0.5, 0.6) is 0 Å². The summed E-state index contributed by atoms with van der Waals surface area (Å²) in [5.74, 6) is 0. The molecule has 0 saturated heterocycles. The Morgan fingerprint density at radius 1 is 1.25 bits per heavy atom. The fourth-order valence-corrected chi connectivity index (χ4v) is 2.65. The summed E-state index contributed by atoms with van der Waals surface area (Å²) >= 11 is 0. The fraction of sp³-hybridized carbons (Fsp3) is 0.471. The number of hydrogen-bond donors (Lipinski definition) is 1. The summed E-state index contributed by atoms with van der Waals surface area (Å²) < 4.78 is 1.97. The van der Waals surface area contributed by atoms with Crippen LogP contribution in [0, 0.1) is 20.8 Å². The average Bonchev–Trinajstić information content (AvgIpc) is 2.65. The van der Waals surface area contributed by atoms with Crippen LogP contribution >= 0.6 is 0 Å². The van der Waals surface area contributed by atoms with Crippen LogP contribution < -0.4 is 5.32 Å². The highest BCUT2D eigenvalue weighted by Crippen LogP contribution is 2.15. The summed E-state index contributed by atoms with van der Waals surface area (Å²) in [4.78, 5) is 0. The van der Waals surface area contributed by atoms with Gasteiger partial charge in [-0.1, -0.05) is 29.8 Å². The maximum absolute atomic E-state index is 4.47. The first-order valence-electron chi connectivity index (χ1n) is 7.28. The van der Waals surface area contributed by atoms with Crippen molar-refractivity contribution in [3.05, 3.63) is 52.3 Å². The Labute approximate surface area is 122 Å². The van der Waals surface area contributed by atoms with Crippen molar-refractivity contribution in [2.24, 2.45) is 7.05 Å². The van der Waals surface area contributed by atoms with E-state index in [1.807, 2.05) is 11.7 Å². The maximum Gasteiger partial charge on any atom is 0.0628 e.